The predicted molar refractivity (Wildman–Crippen MR) is 153 cm³/mol. The smallest absolute Gasteiger partial charge is 0.246 e. The second-order valence-corrected chi connectivity index (χ2v) is 12.0. The average molecular weight is 553 g/mol. The van der Waals surface area contributed by atoms with E-state index < -0.39 is 29.6 Å². The monoisotopic (exact) mass is 552 g/mol. The number of fused-ring (bicyclic) bond motifs is 1. The minimum atomic E-state index is -1.15. The summed E-state index contributed by atoms with van der Waals surface area (Å²) in [5, 5.41) is 6.26. The average Bonchev–Trinajstić information content (AvgIpc) is 3.59. The highest BCUT2D eigenvalue weighted by atomic mass is 16.5. The second kappa shape index (κ2) is 11.9. The van der Waals surface area contributed by atoms with Crippen molar-refractivity contribution in [2.24, 2.45) is 17.8 Å². The maximum Gasteiger partial charge on any atom is 0.246 e. The fraction of sp³-hybridized carbons (Fsp3) is 0.645. The Labute approximate surface area is 237 Å². The van der Waals surface area contributed by atoms with Gasteiger partial charge in [0.15, 0.2) is 0 Å². The fourth-order valence-corrected chi connectivity index (χ4v) is 7.04. The highest BCUT2D eigenvalue weighted by Gasteiger charge is 2.72. The maximum absolute atomic E-state index is 14.2. The van der Waals surface area contributed by atoms with E-state index in [1.54, 1.807) is 36.3 Å². The van der Waals surface area contributed by atoms with E-state index in [1.807, 2.05) is 19.2 Å². The quantitative estimate of drug-likeness (QED) is 0.409. The van der Waals surface area contributed by atoms with Gasteiger partial charge in [0, 0.05) is 30.9 Å². The number of amides is 3. The largest absolute Gasteiger partial charge is 0.497 e. The highest BCUT2D eigenvalue weighted by molar-refractivity contribution is 6.02. The van der Waals surface area contributed by atoms with Crippen molar-refractivity contribution < 1.29 is 23.9 Å². The van der Waals surface area contributed by atoms with Gasteiger partial charge in [0.05, 0.1) is 25.0 Å². The fourth-order valence-electron chi connectivity index (χ4n) is 7.04. The van der Waals surface area contributed by atoms with Crippen molar-refractivity contribution in [3.8, 4) is 5.75 Å². The molecule has 0 unspecified atom stereocenters. The number of nitrogens with zero attached hydrogens (tertiary/aromatic N) is 2. The maximum atomic E-state index is 14.2. The highest BCUT2D eigenvalue weighted by Crippen LogP contribution is 2.55. The van der Waals surface area contributed by atoms with Crippen LogP contribution in [0.5, 0.6) is 5.75 Å². The van der Waals surface area contributed by atoms with Gasteiger partial charge in [-0.2, -0.15) is 0 Å². The summed E-state index contributed by atoms with van der Waals surface area (Å²) < 4.78 is 11.8. The number of hydrogen-bond donors (Lipinski definition) is 2. The Hall–Kier alpha value is -2.91. The van der Waals surface area contributed by atoms with Crippen molar-refractivity contribution in [3.05, 3.63) is 36.4 Å². The molecule has 3 amide bonds. The molecule has 3 heterocycles. The van der Waals surface area contributed by atoms with Gasteiger partial charge in [-0.15, -0.1) is 0 Å². The standard InChI is InChI=1S/C31H44N4O5/c1-5-6-16-34(3)17-18-35-27(29(37)33-23-13-8-7-10-20(23)2)31-15-14-24(40-31)25(26(31)30(35)38)28(36)32-21-11-9-12-22(19-21)39-4/h9,11-12,14-15,19-20,23-27H,5-8,10,13,16-18H2,1-4H3,(H,32,36)(H,33,37)/t20-,23-,24+,25+,26+,27-,31-/m0/s1. The lowest BCUT2D eigenvalue weighted by molar-refractivity contribution is -0.141. The molecule has 5 rings (SSSR count). The number of ether oxygens (including phenoxy) is 2. The molecule has 3 fully saturated rings. The molecule has 9 nitrogen and oxygen atoms in total. The van der Waals surface area contributed by atoms with Crippen LogP contribution in [-0.4, -0.2) is 85.1 Å². The predicted octanol–water partition coefficient (Wildman–Crippen LogP) is 3.21. The molecular weight excluding hydrogens is 508 g/mol. The molecule has 1 saturated carbocycles. The molecule has 2 N–H and O–H groups in total. The van der Waals surface area contributed by atoms with E-state index in [4.69, 9.17) is 9.47 Å². The van der Waals surface area contributed by atoms with Gasteiger partial charge in [-0.05, 0) is 50.9 Å². The van der Waals surface area contributed by atoms with Crippen molar-refractivity contribution in [1.29, 1.82) is 0 Å². The molecule has 40 heavy (non-hydrogen) atoms. The molecule has 1 spiro atoms. The molecule has 0 radical (unpaired) electrons. The van der Waals surface area contributed by atoms with Gasteiger partial charge >= 0.3 is 0 Å². The minimum Gasteiger partial charge on any atom is -0.497 e. The van der Waals surface area contributed by atoms with Gasteiger partial charge in [-0.3, -0.25) is 14.4 Å². The molecule has 9 heteroatoms. The number of likely N-dealkylation sites (N-methyl/N-ethyl adjacent to an activating group) is 1. The first-order valence-corrected chi connectivity index (χ1v) is 14.9. The van der Waals surface area contributed by atoms with E-state index in [0.717, 1.165) is 38.6 Å². The number of methoxy groups -OCH3 is 1. The Morgan fingerprint density at radius 2 is 2.00 bits per heavy atom. The third-order valence-corrected chi connectivity index (χ3v) is 9.32. The van der Waals surface area contributed by atoms with Crippen LogP contribution in [0, 0.1) is 17.8 Å². The molecule has 7 atom stereocenters. The van der Waals surface area contributed by atoms with Crippen molar-refractivity contribution >= 4 is 23.4 Å². The third kappa shape index (κ3) is 5.26. The number of nitrogens with one attached hydrogen (secondary N) is 2. The Morgan fingerprint density at radius 3 is 2.75 bits per heavy atom. The Balaban J connectivity index is 1.41. The van der Waals surface area contributed by atoms with E-state index in [-0.39, 0.29) is 23.8 Å². The van der Waals surface area contributed by atoms with E-state index in [0.29, 0.717) is 30.4 Å². The molecular formula is C31H44N4O5. The van der Waals surface area contributed by atoms with Gasteiger partial charge in [-0.1, -0.05) is 51.3 Å². The summed E-state index contributed by atoms with van der Waals surface area (Å²) in [5.74, 6) is -1.12. The minimum absolute atomic E-state index is 0.0793. The lowest BCUT2D eigenvalue weighted by Crippen LogP contribution is -2.58. The molecule has 0 aromatic heterocycles. The van der Waals surface area contributed by atoms with E-state index in [9.17, 15) is 14.4 Å². The van der Waals surface area contributed by atoms with E-state index >= 15 is 0 Å². The topological polar surface area (TPSA) is 100 Å². The molecule has 2 saturated heterocycles. The number of benzene rings is 1. The van der Waals surface area contributed by atoms with Crippen LogP contribution in [0.1, 0.15) is 52.4 Å². The SMILES string of the molecule is CCCCN(C)CCN1C(=O)[C@H]2[C@H](C(=O)Nc3cccc(OC)c3)[C@H]3C=C[C@@]2(O3)[C@@H]1C(=O)N[C@H]1CCCC[C@@H]1C. The van der Waals surface area contributed by atoms with Crippen molar-refractivity contribution in [1.82, 2.24) is 15.1 Å². The van der Waals surface area contributed by atoms with E-state index in [2.05, 4.69) is 29.4 Å². The molecule has 1 aromatic rings. The first kappa shape index (κ1) is 28.6. The van der Waals surface area contributed by atoms with Gasteiger partial charge < -0.3 is 29.9 Å². The lowest BCUT2D eigenvalue weighted by Gasteiger charge is -2.36. The van der Waals surface area contributed by atoms with Crippen molar-refractivity contribution in [3.63, 3.8) is 0 Å². The zero-order valence-electron chi connectivity index (χ0n) is 24.2. The summed E-state index contributed by atoms with van der Waals surface area (Å²) in [4.78, 5) is 45.8. The summed E-state index contributed by atoms with van der Waals surface area (Å²) in [6, 6.07) is 6.41. The van der Waals surface area contributed by atoms with Crippen LogP contribution in [0.25, 0.3) is 0 Å². The van der Waals surface area contributed by atoms with Crippen LogP contribution in [0.15, 0.2) is 36.4 Å². The van der Waals surface area contributed by atoms with Gasteiger partial charge in [0.1, 0.15) is 17.4 Å². The van der Waals surface area contributed by atoms with Crippen LogP contribution < -0.4 is 15.4 Å². The van der Waals surface area contributed by atoms with Crippen LogP contribution in [0.4, 0.5) is 5.69 Å². The number of carbonyl (C=O) groups is 3. The lowest BCUT2D eigenvalue weighted by atomic mass is 9.74. The number of likely N-dealkylation sites (tertiary alicyclic amines) is 1. The Morgan fingerprint density at radius 1 is 1.20 bits per heavy atom. The first-order valence-electron chi connectivity index (χ1n) is 14.9. The van der Waals surface area contributed by atoms with Gasteiger partial charge in [0.2, 0.25) is 17.7 Å². The summed E-state index contributed by atoms with van der Waals surface area (Å²) in [7, 11) is 3.62. The third-order valence-electron chi connectivity index (χ3n) is 9.32. The summed E-state index contributed by atoms with van der Waals surface area (Å²) in [5.41, 5.74) is -0.562. The Bertz CT molecular complexity index is 1140. The van der Waals surface area contributed by atoms with Gasteiger partial charge in [0.25, 0.3) is 0 Å². The molecule has 2 bridgehead atoms. The van der Waals surface area contributed by atoms with Crippen LogP contribution in [0.2, 0.25) is 0 Å². The Kier molecular flexibility index (Phi) is 8.52. The second-order valence-electron chi connectivity index (χ2n) is 12.0. The zero-order valence-corrected chi connectivity index (χ0v) is 24.2. The number of hydrogen-bond acceptors (Lipinski definition) is 6. The number of anilines is 1. The molecule has 218 valence electrons. The molecule has 1 aliphatic carbocycles. The van der Waals surface area contributed by atoms with Crippen molar-refractivity contribution in [2.45, 2.75) is 76.2 Å². The van der Waals surface area contributed by atoms with Crippen LogP contribution in [0.3, 0.4) is 0 Å². The molecule has 3 aliphatic heterocycles. The molecule has 1 aromatic carbocycles. The normalized spacial score (nSPS) is 32.4. The zero-order chi connectivity index (χ0) is 28.4. The number of carbonyl (C=O) groups excluding carboxylic acids is 3. The van der Waals surface area contributed by atoms with Crippen molar-refractivity contribution in [2.75, 3.05) is 39.1 Å². The summed E-state index contributed by atoms with van der Waals surface area (Å²) in [6.07, 6.45) is 9.63. The number of rotatable bonds is 11. The van der Waals surface area contributed by atoms with E-state index in [1.165, 1.54) is 6.42 Å². The number of unbranched alkanes of at least 4 members (excludes halogenated alkanes) is 1. The van der Waals surface area contributed by atoms with Crippen LogP contribution >= 0.6 is 0 Å². The summed E-state index contributed by atoms with van der Waals surface area (Å²) >= 11 is 0. The first-order chi connectivity index (χ1) is 19.3. The molecule has 4 aliphatic rings. The van der Waals surface area contributed by atoms with Gasteiger partial charge in [-0.25, -0.2) is 0 Å². The summed E-state index contributed by atoms with van der Waals surface area (Å²) in [6.45, 7) is 6.31. The van der Waals surface area contributed by atoms with Crippen LogP contribution in [-0.2, 0) is 19.1 Å².